The van der Waals surface area contributed by atoms with Crippen LogP contribution in [0.2, 0.25) is 0 Å². The topological polar surface area (TPSA) is 37.7 Å². The Hall–Kier alpha value is -1.36. The van der Waals surface area contributed by atoms with Crippen LogP contribution >= 0.6 is 15.9 Å². The highest BCUT2D eigenvalue weighted by molar-refractivity contribution is 9.10. The summed E-state index contributed by atoms with van der Waals surface area (Å²) in [6.07, 6.45) is 8.22. The zero-order valence-electron chi connectivity index (χ0n) is 12.1. The number of aromatic nitrogens is 1. The van der Waals surface area contributed by atoms with Crippen molar-refractivity contribution < 1.29 is 4.74 Å². The molecule has 1 heterocycles. The molecule has 0 atom stereocenters. The van der Waals surface area contributed by atoms with Gasteiger partial charge in [0.1, 0.15) is 6.10 Å². The molecule has 1 aliphatic rings. The van der Waals surface area contributed by atoms with E-state index in [2.05, 4.69) is 45.0 Å². The molecule has 0 bridgehead atoms. The Morgan fingerprint density at radius 1 is 1.50 bits per heavy atom. The quantitative estimate of drug-likeness (QED) is 0.465. The molecule has 0 saturated heterocycles. The van der Waals surface area contributed by atoms with Gasteiger partial charge in [-0.3, -0.25) is 0 Å². The van der Waals surface area contributed by atoms with Crippen LogP contribution in [0.25, 0.3) is 0 Å². The number of hydrogen-bond acceptors (Lipinski definition) is 3. The first-order chi connectivity index (χ1) is 9.60. The number of aryl methyl sites for hydroxylation is 1. The lowest BCUT2D eigenvalue weighted by Crippen LogP contribution is -2.14. The molecule has 0 amide bonds. The molecule has 0 saturated carbocycles. The van der Waals surface area contributed by atoms with E-state index in [1.165, 1.54) is 0 Å². The van der Waals surface area contributed by atoms with Crippen LogP contribution in [-0.2, 0) is 0 Å². The van der Waals surface area contributed by atoms with Gasteiger partial charge < -0.3 is 9.64 Å². The number of hydrogen-bond donors (Lipinski definition) is 0. The minimum Gasteiger partial charge on any atom is -0.473 e. The number of pyridine rings is 1. The third-order valence-corrected chi connectivity index (χ3v) is 3.81. The maximum atomic E-state index is 5.91. The zero-order chi connectivity index (χ0) is 14.5. The number of nitrogens with zero attached hydrogens (tertiary/aromatic N) is 3. The van der Waals surface area contributed by atoms with Crippen molar-refractivity contribution in [3.05, 3.63) is 28.4 Å². The molecular formula is C15H20BrN3O. The summed E-state index contributed by atoms with van der Waals surface area (Å²) >= 11 is 3.52. The Balaban J connectivity index is 2.13. The van der Waals surface area contributed by atoms with Crippen molar-refractivity contribution in [2.24, 2.45) is 4.99 Å². The van der Waals surface area contributed by atoms with Gasteiger partial charge in [0.25, 0.3) is 0 Å². The van der Waals surface area contributed by atoms with E-state index >= 15 is 0 Å². The van der Waals surface area contributed by atoms with E-state index in [0.29, 0.717) is 5.88 Å². The predicted octanol–water partition coefficient (Wildman–Crippen LogP) is 3.86. The standard InChI is InChI=1S/C15H20BrN3O/c1-4-19(3)10-17-14-9-13(16)15(18-11(14)2)20-12-7-5-6-8-12/h5-6,9-10,12H,4,7-8H2,1-3H3. The first kappa shape index (κ1) is 15.0. The van der Waals surface area contributed by atoms with E-state index in [1.54, 1.807) is 0 Å². The fourth-order valence-corrected chi connectivity index (χ4v) is 2.25. The molecule has 2 rings (SSSR count). The van der Waals surface area contributed by atoms with Gasteiger partial charge in [-0.25, -0.2) is 9.98 Å². The normalized spacial score (nSPS) is 15.2. The molecule has 0 spiro atoms. The monoisotopic (exact) mass is 337 g/mol. The van der Waals surface area contributed by atoms with Gasteiger partial charge in [-0.2, -0.15) is 0 Å². The summed E-state index contributed by atoms with van der Waals surface area (Å²) in [6, 6.07) is 1.96. The number of ether oxygens (including phenoxy) is 1. The Morgan fingerprint density at radius 3 is 2.85 bits per heavy atom. The number of rotatable bonds is 5. The van der Waals surface area contributed by atoms with Crippen LogP contribution in [0, 0.1) is 6.92 Å². The second kappa shape index (κ2) is 6.88. The minimum atomic E-state index is 0.207. The lowest BCUT2D eigenvalue weighted by atomic mass is 10.3. The second-order valence-corrected chi connectivity index (χ2v) is 5.73. The summed E-state index contributed by atoms with van der Waals surface area (Å²) in [5.41, 5.74) is 1.73. The Bertz CT molecular complexity index is 520. The van der Waals surface area contributed by atoms with Gasteiger partial charge in [0.2, 0.25) is 5.88 Å². The molecule has 1 aliphatic carbocycles. The Morgan fingerprint density at radius 2 is 2.20 bits per heavy atom. The SMILES string of the molecule is CCN(C)C=Nc1cc(Br)c(OC2CC=CC2)nc1C. The molecule has 0 aliphatic heterocycles. The first-order valence-corrected chi connectivity index (χ1v) is 7.62. The van der Waals surface area contributed by atoms with Crippen LogP contribution < -0.4 is 4.74 Å². The average molecular weight is 338 g/mol. The van der Waals surface area contributed by atoms with E-state index < -0.39 is 0 Å². The van der Waals surface area contributed by atoms with Crippen LogP contribution in [-0.4, -0.2) is 35.9 Å². The summed E-state index contributed by atoms with van der Waals surface area (Å²) in [4.78, 5) is 11.0. The largest absolute Gasteiger partial charge is 0.473 e. The van der Waals surface area contributed by atoms with Gasteiger partial charge in [-0.15, -0.1) is 0 Å². The first-order valence-electron chi connectivity index (χ1n) is 6.83. The lowest BCUT2D eigenvalue weighted by molar-refractivity contribution is 0.206. The molecule has 20 heavy (non-hydrogen) atoms. The molecular weight excluding hydrogens is 318 g/mol. The Labute approximate surface area is 128 Å². The summed E-state index contributed by atoms with van der Waals surface area (Å²) in [5, 5.41) is 0. The third kappa shape index (κ3) is 3.82. The number of aliphatic imine (C=N–C) groups is 1. The van der Waals surface area contributed by atoms with Gasteiger partial charge in [0.15, 0.2) is 0 Å². The third-order valence-electron chi connectivity index (χ3n) is 3.24. The van der Waals surface area contributed by atoms with Crippen molar-refractivity contribution in [1.82, 2.24) is 9.88 Å². The molecule has 1 aromatic heterocycles. The van der Waals surface area contributed by atoms with E-state index in [0.717, 1.165) is 35.2 Å². The van der Waals surface area contributed by atoms with E-state index in [1.807, 2.05) is 31.3 Å². The molecule has 0 fully saturated rings. The fraction of sp³-hybridized carbons (Fsp3) is 0.467. The molecule has 1 aromatic rings. The Kier molecular flexibility index (Phi) is 5.17. The van der Waals surface area contributed by atoms with E-state index in [4.69, 9.17) is 4.74 Å². The van der Waals surface area contributed by atoms with Crippen LogP contribution in [0.15, 0.2) is 27.7 Å². The van der Waals surface area contributed by atoms with Gasteiger partial charge in [-0.05, 0) is 35.8 Å². The maximum absolute atomic E-state index is 5.91. The molecule has 4 nitrogen and oxygen atoms in total. The zero-order valence-corrected chi connectivity index (χ0v) is 13.7. The predicted molar refractivity (Wildman–Crippen MR) is 85.9 cm³/mol. The summed E-state index contributed by atoms with van der Waals surface area (Å²) in [6.45, 7) is 4.96. The second-order valence-electron chi connectivity index (χ2n) is 4.88. The van der Waals surface area contributed by atoms with Gasteiger partial charge in [0, 0.05) is 26.4 Å². The van der Waals surface area contributed by atoms with Crippen molar-refractivity contribution in [2.45, 2.75) is 32.8 Å². The molecule has 0 unspecified atom stereocenters. The van der Waals surface area contributed by atoms with Crippen molar-refractivity contribution in [1.29, 1.82) is 0 Å². The molecule has 5 heteroatoms. The van der Waals surface area contributed by atoms with Crippen molar-refractivity contribution in [3.63, 3.8) is 0 Å². The highest BCUT2D eigenvalue weighted by Crippen LogP contribution is 2.31. The van der Waals surface area contributed by atoms with Crippen molar-refractivity contribution >= 4 is 28.0 Å². The highest BCUT2D eigenvalue weighted by Gasteiger charge is 2.15. The van der Waals surface area contributed by atoms with E-state index in [-0.39, 0.29) is 6.10 Å². The summed E-state index contributed by atoms with van der Waals surface area (Å²) in [5.74, 6) is 0.652. The van der Waals surface area contributed by atoms with Crippen LogP contribution in [0.1, 0.15) is 25.5 Å². The van der Waals surface area contributed by atoms with Crippen molar-refractivity contribution in [3.8, 4) is 5.88 Å². The fourth-order valence-electron chi connectivity index (χ4n) is 1.85. The molecule has 0 aromatic carbocycles. The van der Waals surface area contributed by atoms with Crippen LogP contribution in [0.4, 0.5) is 5.69 Å². The lowest BCUT2D eigenvalue weighted by Gasteiger charge is -2.15. The van der Waals surface area contributed by atoms with Gasteiger partial charge in [-0.1, -0.05) is 12.2 Å². The number of halogens is 1. The average Bonchev–Trinajstić information content (AvgIpc) is 2.93. The maximum Gasteiger partial charge on any atom is 0.228 e. The van der Waals surface area contributed by atoms with Gasteiger partial charge >= 0.3 is 0 Å². The molecule has 108 valence electrons. The highest BCUT2D eigenvalue weighted by atomic mass is 79.9. The summed E-state index contributed by atoms with van der Waals surface area (Å²) in [7, 11) is 1.99. The summed E-state index contributed by atoms with van der Waals surface area (Å²) < 4.78 is 6.75. The van der Waals surface area contributed by atoms with Crippen molar-refractivity contribution in [2.75, 3.05) is 13.6 Å². The molecule has 0 radical (unpaired) electrons. The minimum absolute atomic E-state index is 0.207. The van der Waals surface area contributed by atoms with Crippen LogP contribution in [0.3, 0.4) is 0 Å². The van der Waals surface area contributed by atoms with Gasteiger partial charge in [0.05, 0.1) is 22.2 Å². The van der Waals surface area contributed by atoms with E-state index in [9.17, 15) is 0 Å². The molecule has 0 N–H and O–H groups in total. The smallest absolute Gasteiger partial charge is 0.228 e. The van der Waals surface area contributed by atoms with Crippen LogP contribution in [0.5, 0.6) is 5.88 Å².